The fourth-order valence-electron chi connectivity index (χ4n) is 2.14. The summed E-state index contributed by atoms with van der Waals surface area (Å²) in [5, 5.41) is 3.79. The number of para-hydroxylation sites is 2. The Kier molecular flexibility index (Phi) is 6.35. The van der Waals surface area contributed by atoms with Crippen molar-refractivity contribution < 1.29 is 9.53 Å². The van der Waals surface area contributed by atoms with Crippen LogP contribution < -0.4 is 10.1 Å². The molecule has 0 saturated carbocycles. The summed E-state index contributed by atoms with van der Waals surface area (Å²) >= 11 is 12.2. The van der Waals surface area contributed by atoms with Gasteiger partial charge in [-0.3, -0.25) is 0 Å². The molecule has 0 radical (unpaired) electrons. The zero-order valence-electron chi connectivity index (χ0n) is 13.8. The van der Waals surface area contributed by atoms with Crippen molar-refractivity contribution in [1.82, 2.24) is 4.90 Å². The molecule has 2 amide bonds. The van der Waals surface area contributed by atoms with Crippen molar-refractivity contribution in [1.29, 1.82) is 0 Å². The fraction of sp³-hybridized carbons (Fsp3) is 0.278. The molecular weight excluding hydrogens is 347 g/mol. The number of nitrogens with zero attached hydrogens (tertiary/aromatic N) is 1. The summed E-state index contributed by atoms with van der Waals surface area (Å²) in [6.45, 7) is 4.22. The molecule has 0 atom stereocenters. The molecule has 128 valence electrons. The molecule has 0 spiro atoms. The maximum absolute atomic E-state index is 12.4. The van der Waals surface area contributed by atoms with Crippen molar-refractivity contribution in [3.05, 3.63) is 58.1 Å². The third-order valence-electron chi connectivity index (χ3n) is 3.28. The molecular formula is C18H20Cl2N2O2. The van der Waals surface area contributed by atoms with E-state index in [-0.39, 0.29) is 12.1 Å². The third kappa shape index (κ3) is 4.79. The van der Waals surface area contributed by atoms with Gasteiger partial charge in [0.2, 0.25) is 0 Å². The molecule has 0 aliphatic carbocycles. The number of rotatable bonds is 5. The van der Waals surface area contributed by atoms with E-state index in [1.165, 1.54) is 4.90 Å². The first-order chi connectivity index (χ1) is 11.4. The Morgan fingerprint density at radius 3 is 2.58 bits per heavy atom. The maximum atomic E-state index is 12.4. The monoisotopic (exact) mass is 366 g/mol. The first-order valence-corrected chi connectivity index (χ1v) is 8.34. The van der Waals surface area contributed by atoms with Crippen LogP contribution in [0.2, 0.25) is 10.0 Å². The highest BCUT2D eigenvalue weighted by Gasteiger charge is 2.14. The average molecular weight is 367 g/mol. The molecule has 1 N–H and O–H groups in total. The summed E-state index contributed by atoms with van der Waals surface area (Å²) in [6.07, 6.45) is 0.0195. The number of anilines is 1. The van der Waals surface area contributed by atoms with Gasteiger partial charge in [0.25, 0.3) is 0 Å². The summed E-state index contributed by atoms with van der Waals surface area (Å²) in [5.41, 5.74) is 1.41. The first kappa shape index (κ1) is 18.4. The van der Waals surface area contributed by atoms with Crippen molar-refractivity contribution in [3.63, 3.8) is 0 Å². The fourth-order valence-corrected chi connectivity index (χ4v) is 2.51. The molecule has 0 bridgehead atoms. The topological polar surface area (TPSA) is 41.6 Å². The van der Waals surface area contributed by atoms with Crippen LogP contribution >= 0.6 is 23.2 Å². The van der Waals surface area contributed by atoms with Crippen molar-refractivity contribution in [2.75, 3.05) is 12.4 Å². The number of hydrogen-bond donors (Lipinski definition) is 1. The minimum Gasteiger partial charge on any atom is -0.489 e. The highest BCUT2D eigenvalue weighted by atomic mass is 35.5. The standard InChI is InChI=1S/C18H20Cl2N2O2/c1-12(2)24-16-10-5-4-9-15(16)21-18(23)22(3)11-13-7-6-8-14(19)17(13)20/h4-10,12H,11H2,1-3H3,(H,21,23). The second kappa shape index (κ2) is 8.27. The molecule has 2 rings (SSSR count). The van der Waals surface area contributed by atoms with Gasteiger partial charge in [-0.2, -0.15) is 0 Å². The molecule has 0 fully saturated rings. The van der Waals surface area contributed by atoms with Gasteiger partial charge in [0, 0.05) is 13.6 Å². The Bertz CT molecular complexity index is 720. The molecule has 6 heteroatoms. The lowest BCUT2D eigenvalue weighted by Crippen LogP contribution is -2.31. The first-order valence-electron chi connectivity index (χ1n) is 7.59. The number of ether oxygens (including phenoxy) is 1. The second-order valence-corrected chi connectivity index (χ2v) is 6.45. The highest BCUT2D eigenvalue weighted by Crippen LogP contribution is 2.27. The van der Waals surface area contributed by atoms with Gasteiger partial charge in [-0.05, 0) is 37.6 Å². The summed E-state index contributed by atoms with van der Waals surface area (Å²) in [4.78, 5) is 14.0. The summed E-state index contributed by atoms with van der Waals surface area (Å²) in [5.74, 6) is 0.634. The van der Waals surface area contributed by atoms with Crippen LogP contribution in [-0.4, -0.2) is 24.1 Å². The van der Waals surface area contributed by atoms with E-state index in [0.29, 0.717) is 28.0 Å². The highest BCUT2D eigenvalue weighted by molar-refractivity contribution is 6.42. The molecule has 0 saturated heterocycles. The molecule has 0 aliphatic rings. The molecule has 0 unspecified atom stereocenters. The number of benzene rings is 2. The Balaban J connectivity index is 2.08. The smallest absolute Gasteiger partial charge is 0.321 e. The van der Waals surface area contributed by atoms with E-state index in [1.807, 2.05) is 38.1 Å². The molecule has 24 heavy (non-hydrogen) atoms. The van der Waals surface area contributed by atoms with Crippen LogP contribution in [0.1, 0.15) is 19.4 Å². The van der Waals surface area contributed by atoms with Gasteiger partial charge in [0.1, 0.15) is 5.75 Å². The van der Waals surface area contributed by atoms with Crippen LogP contribution in [0, 0.1) is 0 Å². The lowest BCUT2D eigenvalue weighted by molar-refractivity contribution is 0.219. The van der Waals surface area contributed by atoms with Crippen LogP contribution in [0.25, 0.3) is 0 Å². The lowest BCUT2D eigenvalue weighted by atomic mass is 10.2. The van der Waals surface area contributed by atoms with Crippen molar-refractivity contribution in [2.45, 2.75) is 26.5 Å². The zero-order chi connectivity index (χ0) is 17.7. The zero-order valence-corrected chi connectivity index (χ0v) is 15.4. The summed E-state index contributed by atoms with van der Waals surface area (Å²) in [7, 11) is 1.69. The summed E-state index contributed by atoms with van der Waals surface area (Å²) in [6, 6.07) is 12.4. The number of urea groups is 1. The van der Waals surface area contributed by atoms with Crippen molar-refractivity contribution >= 4 is 34.9 Å². The SMILES string of the molecule is CC(C)Oc1ccccc1NC(=O)N(C)Cc1cccc(Cl)c1Cl. The number of carbonyl (C=O) groups excluding carboxylic acids is 1. The van der Waals surface area contributed by atoms with Crippen LogP contribution in [0.15, 0.2) is 42.5 Å². The minimum atomic E-state index is -0.258. The van der Waals surface area contributed by atoms with Gasteiger partial charge in [-0.1, -0.05) is 47.5 Å². The number of hydrogen-bond acceptors (Lipinski definition) is 2. The van der Waals surface area contributed by atoms with E-state index >= 15 is 0 Å². The van der Waals surface area contributed by atoms with Gasteiger partial charge in [0.15, 0.2) is 0 Å². The van der Waals surface area contributed by atoms with E-state index in [1.54, 1.807) is 25.2 Å². The Hall–Kier alpha value is -1.91. The quantitative estimate of drug-likeness (QED) is 0.764. The maximum Gasteiger partial charge on any atom is 0.321 e. The lowest BCUT2D eigenvalue weighted by Gasteiger charge is -2.20. The minimum absolute atomic E-state index is 0.0195. The second-order valence-electron chi connectivity index (χ2n) is 5.66. The molecule has 0 aromatic heterocycles. The van der Waals surface area contributed by atoms with E-state index in [2.05, 4.69) is 5.32 Å². The van der Waals surface area contributed by atoms with E-state index in [0.717, 1.165) is 5.56 Å². The number of nitrogens with one attached hydrogen (secondary N) is 1. The van der Waals surface area contributed by atoms with Crippen molar-refractivity contribution in [2.24, 2.45) is 0 Å². The number of amides is 2. The molecule has 0 heterocycles. The van der Waals surface area contributed by atoms with Gasteiger partial charge in [0.05, 0.1) is 21.8 Å². The largest absolute Gasteiger partial charge is 0.489 e. The predicted molar refractivity (Wildman–Crippen MR) is 99.2 cm³/mol. The molecule has 4 nitrogen and oxygen atoms in total. The number of halogens is 2. The van der Waals surface area contributed by atoms with Crippen LogP contribution in [0.4, 0.5) is 10.5 Å². The molecule has 0 aliphatic heterocycles. The van der Waals surface area contributed by atoms with Gasteiger partial charge >= 0.3 is 6.03 Å². The average Bonchev–Trinajstić information content (AvgIpc) is 2.53. The van der Waals surface area contributed by atoms with Gasteiger partial charge in [-0.15, -0.1) is 0 Å². The van der Waals surface area contributed by atoms with Crippen LogP contribution in [0.3, 0.4) is 0 Å². The van der Waals surface area contributed by atoms with Crippen LogP contribution in [-0.2, 0) is 6.54 Å². The van der Waals surface area contributed by atoms with Gasteiger partial charge < -0.3 is 15.0 Å². The normalized spacial score (nSPS) is 10.6. The summed E-state index contributed by atoms with van der Waals surface area (Å²) < 4.78 is 5.71. The van der Waals surface area contributed by atoms with Crippen LogP contribution in [0.5, 0.6) is 5.75 Å². The van der Waals surface area contributed by atoms with E-state index in [4.69, 9.17) is 27.9 Å². The van der Waals surface area contributed by atoms with Gasteiger partial charge in [-0.25, -0.2) is 4.79 Å². The Labute approximate surface area is 152 Å². The Morgan fingerprint density at radius 2 is 1.88 bits per heavy atom. The van der Waals surface area contributed by atoms with E-state index in [9.17, 15) is 4.79 Å². The van der Waals surface area contributed by atoms with Crippen molar-refractivity contribution in [3.8, 4) is 5.75 Å². The predicted octanol–water partition coefficient (Wildman–Crippen LogP) is 5.44. The number of carbonyl (C=O) groups is 1. The molecule has 2 aromatic carbocycles. The molecule has 2 aromatic rings. The van der Waals surface area contributed by atoms with E-state index < -0.39 is 0 Å². The third-order valence-corrected chi connectivity index (χ3v) is 4.14. The Morgan fingerprint density at radius 1 is 1.17 bits per heavy atom.